The molecule has 0 aliphatic heterocycles. The van der Waals surface area contributed by atoms with E-state index in [1.807, 2.05) is 0 Å². The summed E-state index contributed by atoms with van der Waals surface area (Å²) in [6.45, 7) is 5.28. The molecule has 0 saturated carbocycles. The third-order valence-corrected chi connectivity index (χ3v) is 3.97. The number of aryl methyl sites for hydroxylation is 2. The summed E-state index contributed by atoms with van der Waals surface area (Å²) in [5, 5.41) is 3.71. The first-order valence-electron chi connectivity index (χ1n) is 7.76. The van der Waals surface area contributed by atoms with Gasteiger partial charge in [0.15, 0.2) is 0 Å². The molecule has 0 spiro atoms. The highest BCUT2D eigenvalue weighted by atomic mass is 16.5. The Kier molecular flexibility index (Phi) is 5.93. The lowest BCUT2D eigenvalue weighted by molar-refractivity contribution is 0.190. The van der Waals surface area contributed by atoms with Gasteiger partial charge in [0, 0.05) is 38.7 Å². The summed E-state index contributed by atoms with van der Waals surface area (Å²) in [6, 6.07) is 0.570. The monoisotopic (exact) mass is 264 g/mol. The average molecular weight is 264 g/mol. The second kappa shape index (κ2) is 7.71. The summed E-state index contributed by atoms with van der Waals surface area (Å²) in [5.74, 6) is 0. The van der Waals surface area contributed by atoms with E-state index in [9.17, 15) is 0 Å². The van der Waals surface area contributed by atoms with Gasteiger partial charge in [0.2, 0.25) is 0 Å². The lowest BCUT2D eigenvalue weighted by Gasteiger charge is -2.16. The normalized spacial score (nSPS) is 19.2. The topological polar surface area (TPSA) is 26.2 Å². The first kappa shape index (κ1) is 14.6. The van der Waals surface area contributed by atoms with Crippen molar-refractivity contribution in [2.75, 3.05) is 20.3 Å². The Morgan fingerprint density at radius 3 is 3.05 bits per heavy atom. The lowest BCUT2D eigenvalue weighted by atomic mass is 10.0. The maximum absolute atomic E-state index is 5.13. The van der Waals surface area contributed by atoms with Crippen molar-refractivity contribution in [3.05, 3.63) is 23.5 Å². The number of aromatic nitrogens is 1. The summed E-state index contributed by atoms with van der Waals surface area (Å²) in [7, 11) is 1.77. The Morgan fingerprint density at radius 2 is 2.26 bits per heavy atom. The van der Waals surface area contributed by atoms with Crippen LogP contribution < -0.4 is 5.32 Å². The molecule has 1 N–H and O–H groups in total. The van der Waals surface area contributed by atoms with Crippen LogP contribution in [0.5, 0.6) is 0 Å². The SMILES string of the molecule is CCCNC1CCCCc2cn(CCCOC)cc21. The van der Waals surface area contributed by atoms with E-state index in [2.05, 4.69) is 29.2 Å². The minimum absolute atomic E-state index is 0.570. The van der Waals surface area contributed by atoms with Gasteiger partial charge in [-0.3, -0.25) is 0 Å². The zero-order valence-corrected chi connectivity index (χ0v) is 12.5. The molecule has 1 unspecified atom stereocenters. The first-order valence-corrected chi connectivity index (χ1v) is 7.76. The number of nitrogens with one attached hydrogen (secondary N) is 1. The number of methoxy groups -OCH3 is 1. The predicted molar refractivity (Wildman–Crippen MR) is 79.5 cm³/mol. The van der Waals surface area contributed by atoms with E-state index in [0.717, 1.165) is 26.1 Å². The molecule has 0 radical (unpaired) electrons. The second-order valence-corrected chi connectivity index (χ2v) is 5.58. The number of rotatable bonds is 7. The molecule has 1 heterocycles. The maximum Gasteiger partial charge on any atom is 0.0479 e. The predicted octanol–water partition coefficient (Wildman–Crippen LogP) is 3.29. The van der Waals surface area contributed by atoms with Crippen LogP contribution in [0.4, 0.5) is 0 Å². The standard InChI is InChI=1S/C16H28N2O/c1-3-9-17-16-8-5-4-7-14-12-18(13-15(14)16)10-6-11-19-2/h12-13,16-17H,3-11H2,1-2H3. The number of hydrogen-bond acceptors (Lipinski definition) is 2. The van der Waals surface area contributed by atoms with Gasteiger partial charge in [0.1, 0.15) is 0 Å². The summed E-state index contributed by atoms with van der Waals surface area (Å²) in [5.41, 5.74) is 3.10. The number of ether oxygens (including phenoxy) is 1. The molecule has 2 rings (SSSR count). The van der Waals surface area contributed by atoms with Gasteiger partial charge >= 0.3 is 0 Å². The molecular formula is C16H28N2O. The van der Waals surface area contributed by atoms with Crippen molar-refractivity contribution in [2.24, 2.45) is 0 Å². The highest BCUT2D eigenvalue weighted by Gasteiger charge is 2.19. The molecule has 1 aliphatic rings. The van der Waals surface area contributed by atoms with Crippen LogP contribution in [-0.2, 0) is 17.7 Å². The summed E-state index contributed by atoms with van der Waals surface area (Å²) < 4.78 is 7.49. The fourth-order valence-electron chi connectivity index (χ4n) is 2.97. The largest absolute Gasteiger partial charge is 0.385 e. The van der Waals surface area contributed by atoms with Crippen LogP contribution >= 0.6 is 0 Å². The molecule has 1 aromatic heterocycles. The number of nitrogens with zero attached hydrogens (tertiary/aromatic N) is 1. The van der Waals surface area contributed by atoms with Crippen LogP contribution in [0.3, 0.4) is 0 Å². The van der Waals surface area contributed by atoms with E-state index in [1.54, 1.807) is 18.2 Å². The molecule has 0 saturated heterocycles. The van der Waals surface area contributed by atoms with Crippen molar-refractivity contribution in [2.45, 2.75) is 58.0 Å². The van der Waals surface area contributed by atoms with Crippen molar-refractivity contribution in [1.29, 1.82) is 0 Å². The Labute approximate surface area is 117 Å². The van der Waals surface area contributed by atoms with E-state index in [-0.39, 0.29) is 0 Å². The molecule has 0 aromatic carbocycles. The van der Waals surface area contributed by atoms with Crippen LogP contribution in [0.2, 0.25) is 0 Å². The third kappa shape index (κ3) is 4.08. The van der Waals surface area contributed by atoms with Gasteiger partial charge in [0.05, 0.1) is 0 Å². The molecule has 1 atom stereocenters. The smallest absolute Gasteiger partial charge is 0.0479 e. The van der Waals surface area contributed by atoms with E-state index >= 15 is 0 Å². The van der Waals surface area contributed by atoms with E-state index in [0.29, 0.717) is 6.04 Å². The van der Waals surface area contributed by atoms with E-state index in [4.69, 9.17) is 4.74 Å². The van der Waals surface area contributed by atoms with Crippen LogP contribution in [-0.4, -0.2) is 24.8 Å². The molecule has 1 aliphatic carbocycles. The van der Waals surface area contributed by atoms with Crippen molar-refractivity contribution in [3.63, 3.8) is 0 Å². The van der Waals surface area contributed by atoms with Gasteiger partial charge in [-0.15, -0.1) is 0 Å². The van der Waals surface area contributed by atoms with Crippen molar-refractivity contribution >= 4 is 0 Å². The minimum atomic E-state index is 0.570. The van der Waals surface area contributed by atoms with Gasteiger partial charge in [-0.2, -0.15) is 0 Å². The van der Waals surface area contributed by atoms with Crippen LogP contribution in [0, 0.1) is 0 Å². The molecular weight excluding hydrogens is 236 g/mol. The molecule has 19 heavy (non-hydrogen) atoms. The van der Waals surface area contributed by atoms with Crippen molar-refractivity contribution in [3.8, 4) is 0 Å². The third-order valence-electron chi connectivity index (χ3n) is 3.97. The quantitative estimate of drug-likeness (QED) is 0.604. The Morgan fingerprint density at radius 1 is 1.37 bits per heavy atom. The fraction of sp³-hybridized carbons (Fsp3) is 0.750. The zero-order chi connectivity index (χ0) is 13.5. The van der Waals surface area contributed by atoms with Gasteiger partial charge < -0.3 is 14.6 Å². The molecule has 0 bridgehead atoms. The van der Waals surface area contributed by atoms with Gasteiger partial charge in [-0.05, 0) is 49.8 Å². The number of fused-ring (bicyclic) bond motifs is 1. The molecule has 3 heteroatoms. The van der Waals surface area contributed by atoms with Crippen LogP contribution in [0.15, 0.2) is 12.4 Å². The van der Waals surface area contributed by atoms with E-state index in [1.165, 1.54) is 32.1 Å². The van der Waals surface area contributed by atoms with Crippen LogP contribution in [0.1, 0.15) is 56.2 Å². The Hall–Kier alpha value is -0.800. The Bertz CT molecular complexity index is 373. The summed E-state index contributed by atoms with van der Waals surface area (Å²) in [4.78, 5) is 0. The maximum atomic E-state index is 5.13. The molecule has 3 nitrogen and oxygen atoms in total. The zero-order valence-electron chi connectivity index (χ0n) is 12.5. The van der Waals surface area contributed by atoms with E-state index < -0.39 is 0 Å². The highest BCUT2D eigenvalue weighted by Crippen LogP contribution is 2.29. The van der Waals surface area contributed by atoms with Gasteiger partial charge in [-0.1, -0.05) is 13.3 Å². The van der Waals surface area contributed by atoms with Gasteiger partial charge in [-0.25, -0.2) is 0 Å². The first-order chi connectivity index (χ1) is 9.35. The second-order valence-electron chi connectivity index (χ2n) is 5.58. The fourth-order valence-corrected chi connectivity index (χ4v) is 2.97. The molecule has 0 fully saturated rings. The van der Waals surface area contributed by atoms with Gasteiger partial charge in [0.25, 0.3) is 0 Å². The average Bonchev–Trinajstić information content (AvgIpc) is 2.72. The highest BCUT2D eigenvalue weighted by molar-refractivity contribution is 5.29. The Balaban J connectivity index is 2.03. The molecule has 1 aromatic rings. The van der Waals surface area contributed by atoms with Crippen molar-refractivity contribution in [1.82, 2.24) is 9.88 Å². The number of hydrogen-bond donors (Lipinski definition) is 1. The lowest BCUT2D eigenvalue weighted by Crippen LogP contribution is -2.21. The van der Waals surface area contributed by atoms with Crippen molar-refractivity contribution < 1.29 is 4.74 Å². The summed E-state index contributed by atoms with van der Waals surface area (Å²) >= 11 is 0. The molecule has 0 amide bonds. The summed E-state index contributed by atoms with van der Waals surface area (Å²) in [6.07, 6.45) is 12.2. The minimum Gasteiger partial charge on any atom is -0.385 e. The van der Waals surface area contributed by atoms with Crippen LogP contribution in [0.25, 0.3) is 0 Å². The molecule has 108 valence electrons.